The molecule has 3 heteroatoms. The zero-order valence-corrected chi connectivity index (χ0v) is 9.34. The van der Waals surface area contributed by atoms with Crippen molar-refractivity contribution in [2.24, 2.45) is 0 Å². The Morgan fingerprint density at radius 1 is 1.25 bits per heavy atom. The molecule has 2 rings (SSSR count). The molecule has 1 saturated heterocycles. The van der Waals surface area contributed by atoms with Crippen LogP contribution in [0.5, 0.6) is 0 Å². The molecule has 1 aromatic carbocycles. The highest BCUT2D eigenvalue weighted by Crippen LogP contribution is 2.17. The molecule has 0 atom stereocenters. The Morgan fingerprint density at radius 2 is 2.00 bits per heavy atom. The fourth-order valence-electron chi connectivity index (χ4n) is 1.42. The lowest BCUT2D eigenvalue weighted by atomic mass is 10.2. The smallest absolute Gasteiger partial charge is 0.224 e. The lowest BCUT2D eigenvalue weighted by Gasteiger charge is -1.95. The molecule has 0 spiro atoms. The molecule has 16 heavy (non-hydrogen) atoms. The Hall–Kier alpha value is -1.72. The minimum absolute atomic E-state index is 0.00895. The van der Waals surface area contributed by atoms with Gasteiger partial charge in [0.25, 0.3) is 0 Å². The van der Waals surface area contributed by atoms with Gasteiger partial charge in [0.15, 0.2) is 0 Å². The van der Waals surface area contributed by atoms with E-state index in [9.17, 15) is 4.79 Å². The highest BCUT2D eigenvalue weighted by Gasteiger charge is 2.16. The van der Waals surface area contributed by atoms with Gasteiger partial charge in [0.1, 0.15) is 5.03 Å². The van der Waals surface area contributed by atoms with Gasteiger partial charge in [-0.2, -0.15) is 0 Å². The first-order chi connectivity index (χ1) is 7.75. The number of allylic oxidation sites excluding steroid dienone is 2. The Morgan fingerprint density at radius 3 is 2.62 bits per heavy atom. The molecule has 1 aliphatic heterocycles. The van der Waals surface area contributed by atoms with Crippen molar-refractivity contribution in [2.75, 3.05) is 0 Å². The summed E-state index contributed by atoms with van der Waals surface area (Å²) >= 11 is 5.99. The van der Waals surface area contributed by atoms with Crippen LogP contribution in [0.3, 0.4) is 0 Å². The monoisotopic (exact) mass is 231 g/mol. The maximum absolute atomic E-state index is 11.0. The predicted octanol–water partition coefficient (Wildman–Crippen LogP) is 2.40. The van der Waals surface area contributed by atoms with Crippen LogP contribution < -0.4 is 5.32 Å². The zero-order chi connectivity index (χ0) is 11.4. The van der Waals surface area contributed by atoms with Gasteiger partial charge in [0.2, 0.25) is 5.91 Å². The molecule has 1 amide bonds. The maximum Gasteiger partial charge on any atom is 0.224 e. The number of amides is 1. The minimum atomic E-state index is 0.00895. The number of nitrogens with one attached hydrogen (secondary N) is 1. The van der Waals surface area contributed by atoms with Crippen molar-refractivity contribution in [3.05, 3.63) is 46.6 Å². The summed E-state index contributed by atoms with van der Waals surface area (Å²) in [6.07, 6.45) is 1.15. The van der Waals surface area contributed by atoms with Crippen molar-refractivity contribution in [1.29, 1.82) is 0 Å². The van der Waals surface area contributed by atoms with E-state index < -0.39 is 0 Å². The van der Waals surface area contributed by atoms with Crippen LogP contribution in [-0.2, 0) is 4.79 Å². The molecule has 0 bridgehead atoms. The van der Waals surface area contributed by atoms with Gasteiger partial charge in [-0.3, -0.25) is 4.79 Å². The van der Waals surface area contributed by atoms with Gasteiger partial charge in [-0.25, -0.2) is 0 Å². The number of carbonyl (C=O) groups is 1. The summed E-state index contributed by atoms with van der Waals surface area (Å²) in [5.74, 6) is 5.80. The second-order valence-electron chi connectivity index (χ2n) is 3.46. The maximum atomic E-state index is 11.0. The van der Waals surface area contributed by atoms with Crippen LogP contribution in [0.15, 0.2) is 41.1 Å². The average Bonchev–Trinajstić information content (AvgIpc) is 2.74. The normalized spacial score (nSPS) is 17.4. The van der Waals surface area contributed by atoms with Gasteiger partial charge >= 0.3 is 0 Å². The molecule has 1 fully saturated rings. The molecule has 2 nitrogen and oxygen atoms in total. The zero-order valence-electron chi connectivity index (χ0n) is 8.59. The van der Waals surface area contributed by atoms with Crippen LogP contribution in [0.1, 0.15) is 18.4 Å². The molecule has 1 aliphatic rings. The Kier molecular flexibility index (Phi) is 3.28. The van der Waals surface area contributed by atoms with Gasteiger partial charge in [0.05, 0.1) is 0 Å². The Balaban J connectivity index is 2.17. The number of hydrogen-bond acceptors (Lipinski definition) is 1. The minimum Gasteiger partial charge on any atom is -0.328 e. The van der Waals surface area contributed by atoms with Crippen LogP contribution >= 0.6 is 11.6 Å². The standard InChI is InChI=1S/C13H10ClNO/c14-11(12-8-9-13(16)15-12)7-6-10-4-2-1-3-5-10/h1-5H,8-9H2,(H,15,16)/b12-11-. The summed E-state index contributed by atoms with van der Waals surface area (Å²) in [5.41, 5.74) is 1.64. The second kappa shape index (κ2) is 4.87. The molecule has 1 aromatic rings. The summed E-state index contributed by atoms with van der Waals surface area (Å²) in [6.45, 7) is 0. The first-order valence-electron chi connectivity index (χ1n) is 5.01. The lowest BCUT2D eigenvalue weighted by Crippen LogP contribution is -2.12. The number of carbonyl (C=O) groups excluding carboxylic acids is 1. The Labute approximate surface area is 99.3 Å². The highest BCUT2D eigenvalue weighted by molar-refractivity contribution is 6.32. The van der Waals surface area contributed by atoms with Gasteiger partial charge in [0, 0.05) is 17.7 Å². The van der Waals surface area contributed by atoms with Gasteiger partial charge < -0.3 is 5.32 Å². The van der Waals surface area contributed by atoms with Crippen LogP contribution in [0.25, 0.3) is 0 Å². The van der Waals surface area contributed by atoms with E-state index in [2.05, 4.69) is 17.2 Å². The molecular weight excluding hydrogens is 222 g/mol. The van der Waals surface area contributed by atoms with Crippen molar-refractivity contribution >= 4 is 17.5 Å². The first-order valence-corrected chi connectivity index (χ1v) is 5.39. The lowest BCUT2D eigenvalue weighted by molar-refractivity contribution is -0.118. The number of rotatable bonds is 0. The summed E-state index contributed by atoms with van der Waals surface area (Å²) in [4.78, 5) is 11.0. The third-order valence-corrected chi connectivity index (χ3v) is 2.57. The second-order valence-corrected chi connectivity index (χ2v) is 3.83. The molecule has 1 N–H and O–H groups in total. The summed E-state index contributed by atoms with van der Waals surface area (Å²) in [6, 6.07) is 9.59. The topological polar surface area (TPSA) is 29.1 Å². The van der Waals surface area contributed by atoms with E-state index in [0.29, 0.717) is 17.9 Å². The summed E-state index contributed by atoms with van der Waals surface area (Å²) in [7, 11) is 0. The van der Waals surface area contributed by atoms with Crippen molar-refractivity contribution in [1.82, 2.24) is 5.32 Å². The highest BCUT2D eigenvalue weighted by atomic mass is 35.5. The van der Waals surface area contributed by atoms with Crippen LogP contribution in [-0.4, -0.2) is 5.91 Å². The van der Waals surface area contributed by atoms with Crippen molar-refractivity contribution in [3.8, 4) is 11.8 Å². The number of hydrogen-bond donors (Lipinski definition) is 1. The molecule has 0 saturated carbocycles. The average molecular weight is 232 g/mol. The van der Waals surface area contributed by atoms with Crippen molar-refractivity contribution in [3.63, 3.8) is 0 Å². The predicted molar refractivity (Wildman–Crippen MR) is 63.6 cm³/mol. The van der Waals surface area contributed by atoms with E-state index in [0.717, 1.165) is 11.3 Å². The molecule has 80 valence electrons. The molecular formula is C13H10ClNO. The van der Waals surface area contributed by atoms with E-state index in [1.54, 1.807) is 0 Å². The summed E-state index contributed by atoms with van der Waals surface area (Å²) < 4.78 is 0. The van der Waals surface area contributed by atoms with Crippen molar-refractivity contribution < 1.29 is 4.79 Å². The van der Waals surface area contributed by atoms with E-state index in [1.807, 2.05) is 30.3 Å². The molecule has 0 aromatic heterocycles. The third kappa shape index (κ3) is 2.65. The molecule has 1 heterocycles. The van der Waals surface area contributed by atoms with Crippen molar-refractivity contribution in [2.45, 2.75) is 12.8 Å². The molecule has 0 unspecified atom stereocenters. The third-order valence-electron chi connectivity index (χ3n) is 2.25. The van der Waals surface area contributed by atoms with Crippen LogP contribution in [0, 0.1) is 11.8 Å². The van der Waals surface area contributed by atoms with Crippen LogP contribution in [0.2, 0.25) is 0 Å². The van der Waals surface area contributed by atoms with Gasteiger partial charge in [-0.1, -0.05) is 35.7 Å². The van der Waals surface area contributed by atoms with E-state index in [-0.39, 0.29) is 5.91 Å². The SMILES string of the molecule is O=C1CC/C(=C(/Cl)C#Cc2ccccc2)N1. The largest absolute Gasteiger partial charge is 0.328 e. The molecule has 0 radical (unpaired) electrons. The van der Waals surface area contributed by atoms with E-state index >= 15 is 0 Å². The fourth-order valence-corrected chi connectivity index (χ4v) is 1.61. The number of benzene rings is 1. The number of halogens is 1. The van der Waals surface area contributed by atoms with E-state index in [1.165, 1.54) is 0 Å². The van der Waals surface area contributed by atoms with Gasteiger partial charge in [-0.15, -0.1) is 0 Å². The van der Waals surface area contributed by atoms with E-state index in [4.69, 9.17) is 11.6 Å². The van der Waals surface area contributed by atoms with Crippen LogP contribution in [0.4, 0.5) is 0 Å². The quantitative estimate of drug-likeness (QED) is 0.683. The molecule has 0 aliphatic carbocycles. The summed E-state index contributed by atoms with van der Waals surface area (Å²) in [5, 5.41) is 3.12. The Bertz CT molecular complexity index is 494. The first kappa shape index (κ1) is 10.8. The van der Waals surface area contributed by atoms with Gasteiger partial charge in [-0.05, 0) is 24.5 Å². The fraction of sp³-hybridized carbons (Fsp3) is 0.154.